The van der Waals surface area contributed by atoms with Crippen LogP contribution in [0.1, 0.15) is 31.6 Å². The van der Waals surface area contributed by atoms with Crippen molar-refractivity contribution in [2.75, 3.05) is 6.54 Å². The van der Waals surface area contributed by atoms with E-state index in [9.17, 15) is 4.39 Å². The summed E-state index contributed by atoms with van der Waals surface area (Å²) in [4.78, 5) is 4.40. The summed E-state index contributed by atoms with van der Waals surface area (Å²) in [5.74, 6) is 0.830. The molecule has 1 N–H and O–H groups in total. The second-order valence-corrected chi connectivity index (χ2v) is 4.74. The molecule has 2 unspecified atom stereocenters. The van der Waals surface area contributed by atoms with E-state index in [0.717, 1.165) is 25.3 Å². The fraction of sp³-hybridized carbons (Fsp3) is 0.462. The van der Waals surface area contributed by atoms with Gasteiger partial charge in [-0.2, -0.15) is 0 Å². The molecule has 0 saturated carbocycles. The highest BCUT2D eigenvalue weighted by atomic mass is 19.1. The Morgan fingerprint density at radius 3 is 3.18 bits per heavy atom. The molecule has 2 heterocycles. The Balaban J connectivity index is 1.94. The minimum Gasteiger partial charge on any atom is -0.440 e. The summed E-state index contributed by atoms with van der Waals surface area (Å²) >= 11 is 0. The molecule has 0 spiro atoms. The lowest BCUT2D eigenvalue weighted by Crippen LogP contribution is -2.34. The molecule has 1 aromatic heterocycles. The van der Waals surface area contributed by atoms with Gasteiger partial charge >= 0.3 is 0 Å². The van der Waals surface area contributed by atoms with Gasteiger partial charge in [0, 0.05) is 18.0 Å². The predicted octanol–water partition coefficient (Wildman–Crippen LogP) is 2.82. The van der Waals surface area contributed by atoms with Crippen LogP contribution in [0.25, 0.3) is 11.1 Å². The molecule has 1 fully saturated rings. The SMILES string of the molecule is CC1CC(c2nc3cc(F)ccc3o2)CCN1. The average molecular weight is 234 g/mol. The predicted molar refractivity (Wildman–Crippen MR) is 63.4 cm³/mol. The van der Waals surface area contributed by atoms with Crippen molar-refractivity contribution in [2.24, 2.45) is 0 Å². The fourth-order valence-corrected chi connectivity index (χ4v) is 2.45. The van der Waals surface area contributed by atoms with Gasteiger partial charge in [0.25, 0.3) is 0 Å². The Kier molecular flexibility index (Phi) is 2.59. The van der Waals surface area contributed by atoms with Crippen molar-refractivity contribution in [1.82, 2.24) is 10.3 Å². The van der Waals surface area contributed by atoms with Gasteiger partial charge in [0.2, 0.25) is 0 Å². The molecule has 90 valence electrons. The average Bonchev–Trinajstić information content (AvgIpc) is 2.72. The molecule has 2 aromatic rings. The number of nitrogens with zero attached hydrogens (tertiary/aromatic N) is 1. The fourth-order valence-electron chi connectivity index (χ4n) is 2.45. The van der Waals surface area contributed by atoms with Crippen molar-refractivity contribution in [2.45, 2.75) is 31.7 Å². The lowest BCUT2D eigenvalue weighted by molar-refractivity contribution is 0.336. The maximum absolute atomic E-state index is 13.1. The van der Waals surface area contributed by atoms with Crippen LogP contribution in [0.5, 0.6) is 0 Å². The summed E-state index contributed by atoms with van der Waals surface area (Å²) in [5, 5.41) is 3.40. The van der Waals surface area contributed by atoms with Crippen LogP contribution in [0.3, 0.4) is 0 Å². The van der Waals surface area contributed by atoms with E-state index >= 15 is 0 Å². The van der Waals surface area contributed by atoms with Crippen LogP contribution in [-0.2, 0) is 0 Å². The smallest absolute Gasteiger partial charge is 0.198 e. The van der Waals surface area contributed by atoms with E-state index in [0.29, 0.717) is 23.1 Å². The molecule has 17 heavy (non-hydrogen) atoms. The molecule has 1 aromatic carbocycles. The highest BCUT2D eigenvalue weighted by Crippen LogP contribution is 2.29. The van der Waals surface area contributed by atoms with E-state index in [1.165, 1.54) is 12.1 Å². The van der Waals surface area contributed by atoms with Gasteiger partial charge in [0.05, 0.1) is 0 Å². The topological polar surface area (TPSA) is 38.1 Å². The number of halogens is 1. The second-order valence-electron chi connectivity index (χ2n) is 4.74. The Morgan fingerprint density at radius 1 is 1.47 bits per heavy atom. The Bertz CT molecular complexity index is 537. The van der Waals surface area contributed by atoms with Gasteiger partial charge in [-0.1, -0.05) is 0 Å². The number of aromatic nitrogens is 1. The number of fused-ring (bicyclic) bond motifs is 1. The van der Waals surface area contributed by atoms with E-state index in [1.807, 2.05) is 0 Å². The highest BCUT2D eigenvalue weighted by molar-refractivity contribution is 5.72. The lowest BCUT2D eigenvalue weighted by atomic mass is 9.93. The van der Waals surface area contributed by atoms with Crippen LogP contribution in [-0.4, -0.2) is 17.6 Å². The quantitative estimate of drug-likeness (QED) is 0.824. The first-order chi connectivity index (χ1) is 8.22. The molecule has 0 bridgehead atoms. The third kappa shape index (κ3) is 2.05. The molecule has 3 nitrogen and oxygen atoms in total. The first-order valence-corrected chi connectivity index (χ1v) is 6.02. The highest BCUT2D eigenvalue weighted by Gasteiger charge is 2.24. The number of nitrogens with one attached hydrogen (secondary N) is 1. The van der Waals surface area contributed by atoms with Crippen molar-refractivity contribution < 1.29 is 8.81 Å². The van der Waals surface area contributed by atoms with Gasteiger partial charge in [-0.3, -0.25) is 0 Å². The van der Waals surface area contributed by atoms with Gasteiger partial charge in [-0.25, -0.2) is 9.37 Å². The van der Waals surface area contributed by atoms with Gasteiger partial charge in [0.1, 0.15) is 11.3 Å². The monoisotopic (exact) mass is 234 g/mol. The zero-order valence-electron chi connectivity index (χ0n) is 9.74. The first kappa shape index (κ1) is 10.7. The van der Waals surface area contributed by atoms with Gasteiger partial charge in [-0.05, 0) is 38.4 Å². The van der Waals surface area contributed by atoms with Gasteiger partial charge in [-0.15, -0.1) is 0 Å². The van der Waals surface area contributed by atoms with E-state index in [1.54, 1.807) is 6.07 Å². The van der Waals surface area contributed by atoms with Crippen molar-refractivity contribution in [1.29, 1.82) is 0 Å². The maximum atomic E-state index is 13.1. The lowest BCUT2D eigenvalue weighted by Gasteiger charge is -2.25. The van der Waals surface area contributed by atoms with Crippen molar-refractivity contribution in [3.8, 4) is 0 Å². The van der Waals surface area contributed by atoms with E-state index in [2.05, 4.69) is 17.2 Å². The molecular formula is C13H15FN2O. The molecule has 1 saturated heterocycles. The summed E-state index contributed by atoms with van der Waals surface area (Å²) < 4.78 is 18.8. The van der Waals surface area contributed by atoms with E-state index < -0.39 is 0 Å². The molecule has 1 aliphatic heterocycles. The minimum atomic E-state index is -0.268. The van der Waals surface area contributed by atoms with Gasteiger partial charge in [0.15, 0.2) is 11.5 Å². The Morgan fingerprint density at radius 2 is 2.35 bits per heavy atom. The van der Waals surface area contributed by atoms with Crippen molar-refractivity contribution >= 4 is 11.1 Å². The largest absolute Gasteiger partial charge is 0.440 e. The molecule has 0 aliphatic carbocycles. The normalized spacial score (nSPS) is 25.3. The first-order valence-electron chi connectivity index (χ1n) is 6.02. The van der Waals surface area contributed by atoms with Crippen LogP contribution < -0.4 is 5.32 Å². The molecule has 0 radical (unpaired) electrons. The van der Waals surface area contributed by atoms with Crippen LogP contribution in [0.2, 0.25) is 0 Å². The standard InChI is InChI=1S/C13H15FN2O/c1-8-6-9(4-5-15-8)13-16-11-7-10(14)2-3-12(11)17-13/h2-3,7-9,15H,4-6H2,1H3. The molecule has 3 rings (SSSR count). The third-order valence-corrected chi connectivity index (χ3v) is 3.34. The molecular weight excluding hydrogens is 219 g/mol. The van der Waals surface area contributed by atoms with Gasteiger partial charge < -0.3 is 9.73 Å². The Labute approximate surface area is 99.0 Å². The number of hydrogen-bond acceptors (Lipinski definition) is 3. The number of rotatable bonds is 1. The van der Waals surface area contributed by atoms with Crippen LogP contribution >= 0.6 is 0 Å². The van der Waals surface area contributed by atoms with Crippen LogP contribution in [0.4, 0.5) is 4.39 Å². The third-order valence-electron chi connectivity index (χ3n) is 3.34. The number of benzene rings is 1. The molecule has 2 atom stereocenters. The van der Waals surface area contributed by atoms with Crippen molar-refractivity contribution in [3.05, 3.63) is 29.9 Å². The number of oxazole rings is 1. The second kappa shape index (κ2) is 4.11. The summed E-state index contributed by atoms with van der Waals surface area (Å²) in [6.07, 6.45) is 2.05. The molecule has 4 heteroatoms. The Hall–Kier alpha value is -1.42. The zero-order valence-corrected chi connectivity index (χ0v) is 9.74. The number of hydrogen-bond donors (Lipinski definition) is 1. The van der Waals surface area contributed by atoms with E-state index in [-0.39, 0.29) is 5.82 Å². The summed E-state index contributed by atoms with van der Waals surface area (Å²) in [6.45, 7) is 3.15. The summed E-state index contributed by atoms with van der Waals surface area (Å²) in [5.41, 5.74) is 1.29. The zero-order chi connectivity index (χ0) is 11.8. The van der Waals surface area contributed by atoms with Crippen molar-refractivity contribution in [3.63, 3.8) is 0 Å². The van der Waals surface area contributed by atoms with Crippen LogP contribution in [0.15, 0.2) is 22.6 Å². The van der Waals surface area contributed by atoms with E-state index in [4.69, 9.17) is 4.42 Å². The summed E-state index contributed by atoms with van der Waals surface area (Å²) in [6, 6.07) is 4.96. The maximum Gasteiger partial charge on any atom is 0.198 e. The summed E-state index contributed by atoms with van der Waals surface area (Å²) in [7, 11) is 0. The molecule has 0 amide bonds. The molecule has 1 aliphatic rings. The minimum absolute atomic E-state index is 0.268. The van der Waals surface area contributed by atoms with Crippen LogP contribution in [0, 0.1) is 5.82 Å². The number of piperidine rings is 1.